The molecule has 0 spiro atoms. The van der Waals surface area contributed by atoms with Gasteiger partial charge in [-0.25, -0.2) is 0 Å². The van der Waals surface area contributed by atoms with E-state index in [9.17, 15) is 14.7 Å². The molecule has 27 heavy (non-hydrogen) atoms. The van der Waals surface area contributed by atoms with Gasteiger partial charge in [0.05, 0.1) is 6.10 Å². The summed E-state index contributed by atoms with van der Waals surface area (Å²) in [5.74, 6) is -0.106. The number of hydrogen-bond donors (Lipinski definition) is 2. The number of carboxylic acid groups (broad SMARTS) is 1. The fraction of sp³-hybridized carbons (Fsp3) is 0.739. The van der Waals surface area contributed by atoms with Gasteiger partial charge in [-0.2, -0.15) is 0 Å². The Labute approximate surface area is 163 Å². The zero-order valence-electron chi connectivity index (χ0n) is 16.7. The molecule has 0 radical (unpaired) electrons. The normalized spacial score (nSPS) is 25.9. The lowest BCUT2D eigenvalue weighted by molar-refractivity contribution is -0.137. The van der Waals surface area contributed by atoms with Crippen molar-refractivity contribution in [2.45, 2.75) is 90.1 Å². The molecule has 152 valence electrons. The predicted molar refractivity (Wildman–Crippen MR) is 107 cm³/mol. The van der Waals surface area contributed by atoms with Crippen LogP contribution in [0.4, 0.5) is 0 Å². The molecule has 2 rings (SSSR count). The number of aliphatic hydroxyl groups is 1. The smallest absolute Gasteiger partial charge is 0.303 e. The number of aliphatic hydroxyl groups excluding tert-OH is 1. The van der Waals surface area contributed by atoms with Gasteiger partial charge >= 0.3 is 5.97 Å². The third-order valence-electron chi connectivity index (χ3n) is 6.52. The van der Waals surface area contributed by atoms with Crippen molar-refractivity contribution >= 4 is 11.8 Å². The van der Waals surface area contributed by atoms with Gasteiger partial charge < -0.3 is 10.2 Å². The number of rotatable bonds is 12. The molecule has 2 saturated carbocycles. The highest BCUT2D eigenvalue weighted by molar-refractivity contribution is 5.83. The van der Waals surface area contributed by atoms with Gasteiger partial charge in [0.15, 0.2) is 0 Å². The molecule has 2 N–H and O–H groups in total. The lowest BCUT2D eigenvalue weighted by Crippen LogP contribution is -2.41. The van der Waals surface area contributed by atoms with Crippen LogP contribution in [0.15, 0.2) is 24.3 Å². The van der Waals surface area contributed by atoms with Crippen LogP contribution < -0.4 is 0 Å². The maximum absolute atomic E-state index is 12.2. The summed E-state index contributed by atoms with van der Waals surface area (Å²) in [6.45, 7) is 2.19. The zero-order chi connectivity index (χ0) is 19.7. The summed E-state index contributed by atoms with van der Waals surface area (Å²) in [7, 11) is 0. The lowest BCUT2D eigenvalue weighted by atomic mass is 9.62. The molecule has 0 heterocycles. The minimum atomic E-state index is -0.760. The topological polar surface area (TPSA) is 74.6 Å². The van der Waals surface area contributed by atoms with Crippen molar-refractivity contribution in [3.63, 3.8) is 0 Å². The minimum Gasteiger partial charge on any atom is -0.481 e. The Balaban J connectivity index is 1.78. The maximum Gasteiger partial charge on any atom is 0.303 e. The van der Waals surface area contributed by atoms with Crippen LogP contribution in [0.1, 0.15) is 84.0 Å². The van der Waals surface area contributed by atoms with Crippen LogP contribution in [-0.2, 0) is 9.59 Å². The largest absolute Gasteiger partial charge is 0.481 e. The van der Waals surface area contributed by atoms with Gasteiger partial charge in [-0.1, -0.05) is 44.1 Å². The molecule has 2 aliphatic rings. The Hall–Kier alpha value is -1.42. The first-order valence-corrected chi connectivity index (χ1v) is 10.7. The van der Waals surface area contributed by atoms with E-state index in [1.807, 2.05) is 12.2 Å². The Bertz CT molecular complexity index is 545. The molecule has 0 aromatic carbocycles. The van der Waals surface area contributed by atoms with Crippen LogP contribution in [-0.4, -0.2) is 28.1 Å². The minimum absolute atomic E-state index is 0.0439. The number of aliphatic carboxylic acids is 1. The van der Waals surface area contributed by atoms with Gasteiger partial charge in [-0.3, -0.25) is 9.59 Å². The molecule has 0 saturated heterocycles. The molecule has 0 amide bonds. The van der Waals surface area contributed by atoms with Crippen LogP contribution >= 0.6 is 0 Å². The molecule has 2 aliphatic carbocycles. The Kier molecular flexibility index (Phi) is 8.75. The van der Waals surface area contributed by atoms with Crippen molar-refractivity contribution in [2.75, 3.05) is 0 Å². The van der Waals surface area contributed by atoms with Crippen LogP contribution in [0.25, 0.3) is 0 Å². The van der Waals surface area contributed by atoms with Crippen molar-refractivity contribution in [3.05, 3.63) is 24.3 Å². The molecular weight excluding hydrogens is 340 g/mol. The average Bonchev–Trinajstić information content (AvgIpc) is 2.94. The standard InChI is InChI=1S/C23H36O4/c1-2-15-23(16-8-17-23)21(25)11-7-9-18-13-14-20(24)19(18)10-5-3-4-6-12-22(26)27/h3,5,7,9,18-19,21,25H,2,4,6,8,10-17H2,1H3,(H,26,27)/t18-,19+,21?/m0/s1. The summed E-state index contributed by atoms with van der Waals surface area (Å²) in [5.41, 5.74) is 0.142. The van der Waals surface area contributed by atoms with Crippen LogP contribution in [0.3, 0.4) is 0 Å². The molecule has 4 heteroatoms. The van der Waals surface area contributed by atoms with E-state index in [0.717, 1.165) is 44.9 Å². The predicted octanol–water partition coefficient (Wildman–Crippen LogP) is 5.06. The molecule has 4 nitrogen and oxygen atoms in total. The number of ketones is 1. The van der Waals surface area contributed by atoms with E-state index in [4.69, 9.17) is 5.11 Å². The van der Waals surface area contributed by atoms with Gasteiger partial charge in [0.25, 0.3) is 0 Å². The van der Waals surface area contributed by atoms with E-state index in [2.05, 4.69) is 19.1 Å². The second kappa shape index (κ2) is 10.8. The summed E-state index contributed by atoms with van der Waals surface area (Å²) in [6, 6.07) is 0. The second-order valence-electron chi connectivity index (χ2n) is 8.41. The highest BCUT2D eigenvalue weighted by Crippen LogP contribution is 2.48. The third-order valence-corrected chi connectivity index (χ3v) is 6.52. The van der Waals surface area contributed by atoms with Crippen molar-refractivity contribution in [3.8, 4) is 0 Å². The van der Waals surface area contributed by atoms with Gasteiger partial charge in [-0.15, -0.1) is 0 Å². The number of carbonyl (C=O) groups is 2. The summed E-state index contributed by atoms with van der Waals surface area (Å²) in [6.07, 6.45) is 18.4. The van der Waals surface area contributed by atoms with E-state index in [1.54, 1.807) is 0 Å². The summed E-state index contributed by atoms with van der Waals surface area (Å²) < 4.78 is 0. The Morgan fingerprint density at radius 3 is 2.70 bits per heavy atom. The number of carboxylic acids is 1. The average molecular weight is 377 g/mol. The molecule has 0 aromatic rings. The van der Waals surface area contributed by atoms with Crippen molar-refractivity contribution in [2.24, 2.45) is 17.3 Å². The van der Waals surface area contributed by atoms with Crippen LogP contribution in [0.2, 0.25) is 0 Å². The number of unbranched alkanes of at least 4 members (excludes halogenated alkanes) is 1. The second-order valence-corrected chi connectivity index (χ2v) is 8.41. The Morgan fingerprint density at radius 1 is 1.30 bits per heavy atom. The summed E-state index contributed by atoms with van der Waals surface area (Å²) in [4.78, 5) is 22.7. The lowest BCUT2D eigenvalue weighted by Gasteiger charge is -2.45. The number of allylic oxidation sites excluding steroid dienone is 3. The zero-order valence-corrected chi connectivity index (χ0v) is 16.7. The molecule has 0 aliphatic heterocycles. The van der Waals surface area contributed by atoms with Crippen molar-refractivity contribution in [1.82, 2.24) is 0 Å². The first-order valence-electron chi connectivity index (χ1n) is 10.7. The molecule has 2 fully saturated rings. The fourth-order valence-electron chi connectivity index (χ4n) is 4.71. The van der Waals surface area contributed by atoms with Crippen molar-refractivity contribution < 1.29 is 19.8 Å². The highest BCUT2D eigenvalue weighted by atomic mass is 16.4. The number of carbonyl (C=O) groups excluding carboxylic acids is 1. The van der Waals surface area contributed by atoms with E-state index >= 15 is 0 Å². The third kappa shape index (κ3) is 6.31. The monoisotopic (exact) mass is 376 g/mol. The molecule has 0 bridgehead atoms. The Morgan fingerprint density at radius 2 is 2.07 bits per heavy atom. The molecule has 3 atom stereocenters. The number of Topliss-reactive ketones (excluding diaryl/α,β-unsaturated/α-hetero) is 1. The molecule has 1 unspecified atom stereocenters. The van der Waals surface area contributed by atoms with Gasteiger partial charge in [0.2, 0.25) is 0 Å². The van der Waals surface area contributed by atoms with E-state index < -0.39 is 5.97 Å². The van der Waals surface area contributed by atoms with Crippen LogP contribution in [0.5, 0.6) is 0 Å². The number of hydrogen-bond acceptors (Lipinski definition) is 3. The summed E-state index contributed by atoms with van der Waals surface area (Å²) >= 11 is 0. The fourth-order valence-corrected chi connectivity index (χ4v) is 4.71. The van der Waals surface area contributed by atoms with E-state index in [0.29, 0.717) is 25.0 Å². The molecule has 0 aromatic heterocycles. The van der Waals surface area contributed by atoms with Gasteiger partial charge in [-0.05, 0) is 62.7 Å². The SMILES string of the molecule is CCCC1(C(O)CC=C[C@H]2CCC(=O)[C@@H]2CC=CCCCC(=O)O)CCC1. The maximum atomic E-state index is 12.2. The first-order chi connectivity index (χ1) is 13.0. The van der Waals surface area contributed by atoms with E-state index in [1.165, 1.54) is 6.42 Å². The van der Waals surface area contributed by atoms with Crippen molar-refractivity contribution in [1.29, 1.82) is 0 Å². The molecular formula is C23H36O4. The van der Waals surface area contributed by atoms with Crippen LogP contribution in [0, 0.1) is 17.3 Å². The quantitative estimate of drug-likeness (QED) is 0.369. The van der Waals surface area contributed by atoms with E-state index in [-0.39, 0.29) is 29.8 Å². The summed E-state index contributed by atoms with van der Waals surface area (Å²) in [5, 5.41) is 19.3. The van der Waals surface area contributed by atoms with Gasteiger partial charge in [0, 0.05) is 18.8 Å². The highest BCUT2D eigenvalue weighted by Gasteiger charge is 2.41. The first kappa shape index (κ1) is 21.9. The van der Waals surface area contributed by atoms with Gasteiger partial charge in [0.1, 0.15) is 5.78 Å².